The monoisotopic (exact) mass is 340 g/mol. The van der Waals surface area contributed by atoms with E-state index in [9.17, 15) is 0 Å². The Morgan fingerprint density at radius 3 is 1.60 bits per heavy atom. The second-order valence-corrected chi connectivity index (χ2v) is 6.58. The predicted molar refractivity (Wildman–Crippen MR) is 95.4 cm³/mol. The first-order valence-electron chi connectivity index (χ1n) is 9.03. The smallest absolute Gasteiger partial charge is 0.122 e. The lowest BCUT2D eigenvalue weighted by atomic mass is 10.0. The molecule has 0 amide bonds. The normalized spacial score (nSPS) is 21.0. The van der Waals surface area contributed by atoms with E-state index in [-0.39, 0.29) is 0 Å². The summed E-state index contributed by atoms with van der Waals surface area (Å²) in [5, 5.41) is 0. The summed E-state index contributed by atoms with van der Waals surface area (Å²) in [4.78, 5) is 0. The van der Waals surface area contributed by atoms with Gasteiger partial charge in [0.15, 0.2) is 0 Å². The van der Waals surface area contributed by atoms with E-state index in [1.807, 2.05) is 24.3 Å². The molecule has 0 aliphatic carbocycles. The van der Waals surface area contributed by atoms with E-state index >= 15 is 0 Å². The third kappa shape index (κ3) is 4.97. The number of benzene rings is 2. The lowest BCUT2D eigenvalue weighted by molar-refractivity contribution is 0.279. The minimum atomic E-state index is 0.400. The molecule has 2 aliphatic heterocycles. The van der Waals surface area contributed by atoms with Crippen LogP contribution in [0, 0.1) is 0 Å². The highest BCUT2D eigenvalue weighted by Crippen LogP contribution is 2.27. The minimum absolute atomic E-state index is 0.400. The number of rotatable bonds is 10. The van der Waals surface area contributed by atoms with Gasteiger partial charge < -0.3 is 18.9 Å². The van der Waals surface area contributed by atoms with Crippen LogP contribution in [0.2, 0.25) is 0 Å². The molecule has 2 saturated heterocycles. The maximum atomic E-state index is 5.98. The van der Waals surface area contributed by atoms with Crippen LogP contribution < -0.4 is 9.47 Å². The summed E-state index contributed by atoms with van der Waals surface area (Å²) < 4.78 is 22.4. The molecule has 132 valence electrons. The second-order valence-electron chi connectivity index (χ2n) is 6.58. The Morgan fingerprint density at radius 1 is 0.720 bits per heavy atom. The van der Waals surface area contributed by atoms with Crippen LogP contribution in [0.1, 0.15) is 24.0 Å². The van der Waals surface area contributed by atoms with Crippen LogP contribution >= 0.6 is 0 Å². The molecule has 2 aromatic rings. The molecule has 0 radical (unpaired) electrons. The molecule has 2 heterocycles. The van der Waals surface area contributed by atoms with E-state index in [1.165, 1.54) is 11.1 Å². The van der Waals surface area contributed by atoms with Crippen LogP contribution in [-0.2, 0) is 15.9 Å². The fraction of sp³-hybridized carbons (Fsp3) is 0.429. The second kappa shape index (κ2) is 7.89. The van der Waals surface area contributed by atoms with E-state index in [0.29, 0.717) is 25.4 Å². The summed E-state index contributed by atoms with van der Waals surface area (Å²) in [6.07, 6.45) is 3.51. The highest BCUT2D eigenvalue weighted by molar-refractivity contribution is 5.42. The molecule has 0 spiro atoms. The summed E-state index contributed by atoms with van der Waals surface area (Å²) in [5.74, 6) is 1.90. The van der Waals surface area contributed by atoms with Crippen molar-refractivity contribution in [1.29, 1.82) is 0 Å². The van der Waals surface area contributed by atoms with E-state index in [4.69, 9.17) is 18.9 Å². The largest absolute Gasteiger partial charge is 0.493 e. The van der Waals surface area contributed by atoms with Crippen LogP contribution in [0.4, 0.5) is 0 Å². The zero-order valence-corrected chi connectivity index (χ0v) is 14.4. The molecule has 2 atom stereocenters. The van der Waals surface area contributed by atoms with Gasteiger partial charge in [-0.1, -0.05) is 36.4 Å². The summed E-state index contributed by atoms with van der Waals surface area (Å²) in [6, 6.07) is 16.5. The molecule has 2 fully saturated rings. The first-order valence-corrected chi connectivity index (χ1v) is 9.03. The fourth-order valence-corrected chi connectivity index (χ4v) is 2.86. The Hall–Kier alpha value is -2.04. The predicted octanol–water partition coefficient (Wildman–Crippen LogP) is 3.61. The SMILES string of the molecule is c1ccc(OCCC2CO2)c(Cc2ccccc2OCCC2CO2)c1. The zero-order valence-electron chi connectivity index (χ0n) is 14.4. The maximum Gasteiger partial charge on any atom is 0.122 e. The molecule has 2 aromatic carbocycles. The first-order chi connectivity index (χ1) is 12.4. The van der Waals surface area contributed by atoms with Crippen LogP contribution in [0.3, 0.4) is 0 Å². The summed E-state index contributed by atoms with van der Waals surface area (Å²) in [6.45, 7) is 3.14. The summed E-state index contributed by atoms with van der Waals surface area (Å²) in [5.41, 5.74) is 2.36. The molecule has 4 rings (SSSR count). The standard InChI is InChI=1S/C21H24O4/c1-3-7-20(22-11-9-18-14-24-18)16(5-1)13-17-6-2-4-8-21(17)23-12-10-19-15-25-19/h1-8,18-19H,9-15H2. The van der Waals surface area contributed by atoms with Gasteiger partial charge in [-0.05, 0) is 23.3 Å². The number of ether oxygens (including phenoxy) is 4. The Balaban J connectivity index is 1.40. The van der Waals surface area contributed by atoms with Crippen molar-refractivity contribution in [3.8, 4) is 11.5 Å². The van der Waals surface area contributed by atoms with Gasteiger partial charge in [-0.3, -0.25) is 0 Å². The van der Waals surface area contributed by atoms with Crippen LogP contribution in [0.15, 0.2) is 48.5 Å². The number of epoxide rings is 2. The van der Waals surface area contributed by atoms with Crippen molar-refractivity contribution in [1.82, 2.24) is 0 Å². The molecule has 0 aromatic heterocycles. The highest BCUT2D eigenvalue weighted by atomic mass is 16.6. The van der Waals surface area contributed by atoms with Crippen molar-refractivity contribution in [3.05, 3.63) is 59.7 Å². The molecule has 4 nitrogen and oxygen atoms in total. The number of hydrogen-bond acceptors (Lipinski definition) is 4. The van der Waals surface area contributed by atoms with Gasteiger partial charge in [-0.15, -0.1) is 0 Å². The lowest BCUT2D eigenvalue weighted by Crippen LogP contribution is -2.05. The Kier molecular flexibility index (Phi) is 5.19. The average Bonchev–Trinajstić information content (AvgIpc) is 3.53. The first kappa shape index (κ1) is 16.4. The van der Waals surface area contributed by atoms with Gasteiger partial charge in [-0.25, -0.2) is 0 Å². The van der Waals surface area contributed by atoms with Gasteiger partial charge >= 0.3 is 0 Å². The van der Waals surface area contributed by atoms with E-state index in [1.54, 1.807) is 0 Å². The summed E-state index contributed by atoms with van der Waals surface area (Å²) in [7, 11) is 0. The van der Waals surface area contributed by atoms with Crippen LogP contribution in [-0.4, -0.2) is 38.6 Å². The van der Waals surface area contributed by atoms with Crippen molar-refractivity contribution in [2.45, 2.75) is 31.5 Å². The summed E-state index contributed by atoms with van der Waals surface area (Å²) >= 11 is 0. The van der Waals surface area contributed by atoms with Gasteiger partial charge in [-0.2, -0.15) is 0 Å². The molecular formula is C21H24O4. The lowest BCUT2D eigenvalue weighted by Gasteiger charge is -2.14. The topological polar surface area (TPSA) is 43.5 Å². The Labute approximate surface area is 148 Å². The number of hydrogen-bond donors (Lipinski definition) is 0. The highest BCUT2D eigenvalue weighted by Gasteiger charge is 2.23. The quantitative estimate of drug-likeness (QED) is 0.620. The van der Waals surface area contributed by atoms with E-state index < -0.39 is 0 Å². The third-order valence-electron chi connectivity index (χ3n) is 4.53. The zero-order chi connectivity index (χ0) is 16.9. The van der Waals surface area contributed by atoms with Crippen molar-refractivity contribution < 1.29 is 18.9 Å². The van der Waals surface area contributed by atoms with Gasteiger partial charge in [0.2, 0.25) is 0 Å². The Bertz CT molecular complexity index is 632. The molecule has 25 heavy (non-hydrogen) atoms. The van der Waals surface area contributed by atoms with Crippen LogP contribution in [0.5, 0.6) is 11.5 Å². The molecule has 2 unspecified atom stereocenters. The molecule has 0 bridgehead atoms. The number of para-hydroxylation sites is 2. The average molecular weight is 340 g/mol. The van der Waals surface area contributed by atoms with Gasteiger partial charge in [0, 0.05) is 19.3 Å². The molecule has 0 N–H and O–H groups in total. The molecule has 4 heteroatoms. The van der Waals surface area contributed by atoms with Crippen molar-refractivity contribution in [2.75, 3.05) is 26.4 Å². The molecule has 0 saturated carbocycles. The van der Waals surface area contributed by atoms with Gasteiger partial charge in [0.1, 0.15) is 11.5 Å². The molecule has 2 aliphatic rings. The van der Waals surface area contributed by atoms with E-state index in [2.05, 4.69) is 24.3 Å². The van der Waals surface area contributed by atoms with Gasteiger partial charge in [0.05, 0.1) is 38.6 Å². The van der Waals surface area contributed by atoms with Crippen molar-refractivity contribution >= 4 is 0 Å². The minimum Gasteiger partial charge on any atom is -0.493 e. The third-order valence-corrected chi connectivity index (χ3v) is 4.53. The Morgan fingerprint density at radius 2 is 1.16 bits per heavy atom. The van der Waals surface area contributed by atoms with Gasteiger partial charge in [0.25, 0.3) is 0 Å². The maximum absolute atomic E-state index is 5.98. The molecular weight excluding hydrogens is 316 g/mol. The van der Waals surface area contributed by atoms with Crippen molar-refractivity contribution in [3.63, 3.8) is 0 Å². The van der Waals surface area contributed by atoms with Crippen LogP contribution in [0.25, 0.3) is 0 Å². The van der Waals surface area contributed by atoms with E-state index in [0.717, 1.165) is 44.0 Å². The fourth-order valence-electron chi connectivity index (χ4n) is 2.86. The van der Waals surface area contributed by atoms with Crippen molar-refractivity contribution in [2.24, 2.45) is 0 Å².